The molecule has 0 spiro atoms. The predicted octanol–water partition coefficient (Wildman–Crippen LogP) is 1.01. The van der Waals surface area contributed by atoms with Gasteiger partial charge in [-0.3, -0.25) is 4.79 Å². The Balaban J connectivity index is 2.47. The van der Waals surface area contributed by atoms with Crippen molar-refractivity contribution >= 4 is 5.91 Å². The lowest BCUT2D eigenvalue weighted by molar-refractivity contribution is -0.131. The van der Waals surface area contributed by atoms with Crippen LogP contribution in [0.2, 0.25) is 0 Å². The molecule has 94 valence electrons. The van der Waals surface area contributed by atoms with Crippen LogP contribution in [0.25, 0.3) is 0 Å². The van der Waals surface area contributed by atoms with Gasteiger partial charge in [0.1, 0.15) is 0 Å². The molecular formula is C12H24N2O2. The lowest BCUT2D eigenvalue weighted by atomic mass is 10.1. The van der Waals surface area contributed by atoms with Crippen molar-refractivity contribution in [2.75, 3.05) is 20.3 Å². The van der Waals surface area contributed by atoms with Gasteiger partial charge in [-0.1, -0.05) is 6.92 Å². The smallest absolute Gasteiger partial charge is 0.240 e. The highest BCUT2D eigenvalue weighted by Crippen LogP contribution is 2.15. The standard InChI is InChI=1S/C12H24N2O2/c1-5-10(8-16-4)13-11-6-7-14(9(2)3)12(11)15/h9-11,13H,5-8H2,1-4H3. The summed E-state index contributed by atoms with van der Waals surface area (Å²) in [6.45, 7) is 7.77. The van der Waals surface area contributed by atoms with E-state index in [1.165, 1.54) is 0 Å². The fraction of sp³-hybridized carbons (Fsp3) is 0.917. The summed E-state index contributed by atoms with van der Waals surface area (Å²) in [5, 5.41) is 3.38. The van der Waals surface area contributed by atoms with Crippen molar-refractivity contribution in [3.05, 3.63) is 0 Å². The Morgan fingerprint density at radius 1 is 1.56 bits per heavy atom. The molecule has 0 aliphatic carbocycles. The van der Waals surface area contributed by atoms with Crippen LogP contribution >= 0.6 is 0 Å². The van der Waals surface area contributed by atoms with Gasteiger partial charge in [0, 0.05) is 25.7 Å². The fourth-order valence-corrected chi connectivity index (χ4v) is 2.14. The molecule has 1 rings (SSSR count). The van der Waals surface area contributed by atoms with Crippen LogP contribution < -0.4 is 5.32 Å². The number of nitrogens with zero attached hydrogens (tertiary/aromatic N) is 1. The van der Waals surface area contributed by atoms with Gasteiger partial charge in [-0.15, -0.1) is 0 Å². The van der Waals surface area contributed by atoms with E-state index in [1.54, 1.807) is 7.11 Å². The SMILES string of the molecule is CCC(COC)NC1CCN(C(C)C)C1=O. The lowest BCUT2D eigenvalue weighted by Crippen LogP contribution is -2.46. The van der Waals surface area contributed by atoms with Gasteiger partial charge in [-0.2, -0.15) is 0 Å². The Morgan fingerprint density at radius 2 is 2.25 bits per heavy atom. The summed E-state index contributed by atoms with van der Waals surface area (Å²) in [5.74, 6) is 0.240. The van der Waals surface area contributed by atoms with Crippen LogP contribution in [-0.4, -0.2) is 49.2 Å². The largest absolute Gasteiger partial charge is 0.383 e. The number of hydrogen-bond acceptors (Lipinski definition) is 3. The van der Waals surface area contributed by atoms with E-state index in [9.17, 15) is 4.79 Å². The van der Waals surface area contributed by atoms with Crippen molar-refractivity contribution in [1.29, 1.82) is 0 Å². The van der Waals surface area contributed by atoms with E-state index in [4.69, 9.17) is 4.74 Å². The molecule has 1 saturated heterocycles. The van der Waals surface area contributed by atoms with Gasteiger partial charge < -0.3 is 15.0 Å². The van der Waals surface area contributed by atoms with Gasteiger partial charge in [0.2, 0.25) is 5.91 Å². The Labute approximate surface area is 98.3 Å². The summed E-state index contributed by atoms with van der Waals surface area (Å²) >= 11 is 0. The third-order valence-corrected chi connectivity index (χ3v) is 3.16. The summed E-state index contributed by atoms with van der Waals surface area (Å²) in [4.78, 5) is 14.0. The van der Waals surface area contributed by atoms with E-state index in [2.05, 4.69) is 26.1 Å². The number of hydrogen-bond donors (Lipinski definition) is 1. The minimum atomic E-state index is -0.0116. The van der Waals surface area contributed by atoms with Crippen LogP contribution in [0.3, 0.4) is 0 Å². The predicted molar refractivity (Wildman–Crippen MR) is 64.3 cm³/mol. The number of carbonyl (C=O) groups excluding carboxylic acids is 1. The van der Waals surface area contributed by atoms with E-state index < -0.39 is 0 Å². The highest BCUT2D eigenvalue weighted by atomic mass is 16.5. The van der Waals surface area contributed by atoms with Gasteiger partial charge in [0.25, 0.3) is 0 Å². The van der Waals surface area contributed by atoms with Crippen molar-refractivity contribution in [3.8, 4) is 0 Å². The molecule has 0 aromatic rings. The molecule has 2 unspecified atom stereocenters. The van der Waals surface area contributed by atoms with Gasteiger partial charge in [0.15, 0.2) is 0 Å². The second-order valence-corrected chi connectivity index (χ2v) is 4.69. The maximum Gasteiger partial charge on any atom is 0.240 e. The molecule has 1 fully saturated rings. The Morgan fingerprint density at radius 3 is 2.69 bits per heavy atom. The number of carbonyl (C=O) groups is 1. The van der Waals surface area contributed by atoms with Crippen LogP contribution in [-0.2, 0) is 9.53 Å². The van der Waals surface area contributed by atoms with Crippen molar-refractivity contribution in [3.63, 3.8) is 0 Å². The summed E-state index contributed by atoms with van der Waals surface area (Å²) in [6.07, 6.45) is 1.90. The molecule has 1 aliphatic rings. The maximum atomic E-state index is 12.0. The van der Waals surface area contributed by atoms with Crippen LogP contribution in [0, 0.1) is 0 Å². The molecule has 4 nitrogen and oxygen atoms in total. The van der Waals surface area contributed by atoms with Crippen LogP contribution in [0.4, 0.5) is 0 Å². The van der Waals surface area contributed by atoms with E-state index in [0.29, 0.717) is 12.6 Å². The number of likely N-dealkylation sites (tertiary alicyclic amines) is 1. The molecule has 0 aromatic heterocycles. The zero-order valence-electron chi connectivity index (χ0n) is 10.8. The second kappa shape index (κ2) is 6.21. The zero-order valence-corrected chi connectivity index (χ0v) is 10.8. The highest BCUT2D eigenvalue weighted by Gasteiger charge is 2.33. The Kier molecular flexibility index (Phi) is 5.22. The monoisotopic (exact) mass is 228 g/mol. The molecule has 16 heavy (non-hydrogen) atoms. The van der Waals surface area contributed by atoms with E-state index in [1.807, 2.05) is 4.90 Å². The van der Waals surface area contributed by atoms with Crippen molar-refractivity contribution in [2.24, 2.45) is 0 Å². The van der Waals surface area contributed by atoms with E-state index in [0.717, 1.165) is 19.4 Å². The maximum absolute atomic E-state index is 12.0. The summed E-state index contributed by atoms with van der Waals surface area (Å²) in [6, 6.07) is 0.579. The topological polar surface area (TPSA) is 41.6 Å². The average molecular weight is 228 g/mol. The number of amides is 1. The molecule has 1 heterocycles. The van der Waals surface area contributed by atoms with Crippen LogP contribution in [0.5, 0.6) is 0 Å². The van der Waals surface area contributed by atoms with Crippen LogP contribution in [0.15, 0.2) is 0 Å². The van der Waals surface area contributed by atoms with Crippen molar-refractivity contribution < 1.29 is 9.53 Å². The minimum absolute atomic E-state index is 0.0116. The lowest BCUT2D eigenvalue weighted by Gasteiger charge is -2.23. The van der Waals surface area contributed by atoms with Crippen molar-refractivity contribution in [1.82, 2.24) is 10.2 Å². The first-order chi connectivity index (χ1) is 7.60. The third-order valence-electron chi connectivity index (χ3n) is 3.16. The molecule has 1 amide bonds. The van der Waals surface area contributed by atoms with Crippen LogP contribution in [0.1, 0.15) is 33.6 Å². The Hall–Kier alpha value is -0.610. The second-order valence-electron chi connectivity index (χ2n) is 4.69. The molecule has 1 N–H and O–H groups in total. The third kappa shape index (κ3) is 3.19. The summed E-state index contributed by atoms with van der Waals surface area (Å²) in [7, 11) is 1.70. The molecule has 0 bridgehead atoms. The first-order valence-corrected chi connectivity index (χ1v) is 6.15. The number of rotatable bonds is 6. The van der Waals surface area contributed by atoms with Gasteiger partial charge in [-0.25, -0.2) is 0 Å². The molecule has 0 aromatic carbocycles. The van der Waals surface area contributed by atoms with Gasteiger partial charge in [-0.05, 0) is 26.7 Å². The summed E-state index contributed by atoms with van der Waals surface area (Å²) in [5.41, 5.74) is 0. The molecule has 2 atom stereocenters. The Bertz CT molecular complexity index is 231. The van der Waals surface area contributed by atoms with Crippen molar-refractivity contribution in [2.45, 2.75) is 51.7 Å². The molecular weight excluding hydrogens is 204 g/mol. The van der Waals surface area contributed by atoms with E-state index in [-0.39, 0.29) is 18.0 Å². The first-order valence-electron chi connectivity index (χ1n) is 6.15. The fourth-order valence-electron chi connectivity index (χ4n) is 2.14. The molecule has 0 radical (unpaired) electrons. The number of ether oxygens (including phenoxy) is 1. The summed E-state index contributed by atoms with van der Waals surface area (Å²) < 4.78 is 5.13. The highest BCUT2D eigenvalue weighted by molar-refractivity contribution is 5.84. The van der Waals surface area contributed by atoms with Gasteiger partial charge >= 0.3 is 0 Å². The first kappa shape index (κ1) is 13.5. The molecule has 4 heteroatoms. The van der Waals surface area contributed by atoms with Gasteiger partial charge in [0.05, 0.1) is 12.6 Å². The average Bonchev–Trinajstić information content (AvgIpc) is 2.60. The molecule has 1 aliphatic heterocycles. The van der Waals surface area contributed by atoms with E-state index >= 15 is 0 Å². The normalized spacial score (nSPS) is 23.2. The zero-order chi connectivity index (χ0) is 12.1. The number of nitrogens with one attached hydrogen (secondary N) is 1. The number of methoxy groups -OCH3 is 1. The molecule has 0 saturated carbocycles. The quantitative estimate of drug-likeness (QED) is 0.737. The minimum Gasteiger partial charge on any atom is -0.383 e.